The van der Waals surface area contributed by atoms with Gasteiger partial charge in [0.25, 0.3) is 0 Å². The maximum absolute atomic E-state index is 13.2. The topological polar surface area (TPSA) is 50.7 Å². The van der Waals surface area contributed by atoms with Crippen molar-refractivity contribution in [2.75, 3.05) is 5.32 Å². The molecule has 3 aromatic heterocycles. The zero-order valence-corrected chi connectivity index (χ0v) is 13.9. The lowest BCUT2D eigenvalue weighted by molar-refractivity contribution is 0.628. The first kappa shape index (κ1) is 14.9. The van der Waals surface area contributed by atoms with Crippen molar-refractivity contribution in [2.24, 2.45) is 0 Å². The van der Waals surface area contributed by atoms with Crippen LogP contribution in [0.4, 0.5) is 15.2 Å². The molecule has 0 fully saturated rings. The molecule has 0 unspecified atom stereocenters. The zero-order valence-electron chi connectivity index (χ0n) is 12.3. The number of rotatable bonds is 4. The molecule has 3 heterocycles. The number of nitrogens with zero attached hydrogens (tertiary/aromatic N) is 3. The van der Waals surface area contributed by atoms with E-state index < -0.39 is 0 Å². The van der Waals surface area contributed by atoms with Gasteiger partial charge >= 0.3 is 0 Å². The molecule has 24 heavy (non-hydrogen) atoms. The number of anilines is 2. The van der Waals surface area contributed by atoms with E-state index in [0.717, 1.165) is 22.0 Å². The fourth-order valence-electron chi connectivity index (χ4n) is 2.16. The van der Waals surface area contributed by atoms with Gasteiger partial charge in [-0.15, -0.1) is 22.7 Å². The Morgan fingerprint density at radius 1 is 0.958 bits per heavy atom. The fraction of sp³-hybridized carbons (Fsp3) is 0. The van der Waals surface area contributed by atoms with Crippen LogP contribution in [0.15, 0.2) is 59.6 Å². The van der Waals surface area contributed by atoms with Crippen LogP contribution < -0.4 is 5.32 Å². The third-order valence-electron chi connectivity index (χ3n) is 3.26. The van der Waals surface area contributed by atoms with Crippen molar-refractivity contribution in [3.8, 4) is 22.0 Å². The molecule has 4 nitrogen and oxygen atoms in total. The second-order valence-corrected chi connectivity index (χ2v) is 6.67. The molecule has 0 aliphatic carbocycles. The van der Waals surface area contributed by atoms with E-state index in [1.807, 2.05) is 22.9 Å². The predicted octanol–water partition coefficient (Wildman–Crippen LogP) is 5.21. The van der Waals surface area contributed by atoms with Crippen molar-refractivity contribution in [1.29, 1.82) is 0 Å². The first-order valence-electron chi connectivity index (χ1n) is 7.12. The molecule has 7 heteroatoms. The number of nitrogens with one attached hydrogen (secondary N) is 1. The summed E-state index contributed by atoms with van der Waals surface area (Å²) in [6.07, 6.45) is 3.53. The maximum atomic E-state index is 13.2. The van der Waals surface area contributed by atoms with E-state index in [0.29, 0.717) is 10.8 Å². The highest BCUT2D eigenvalue weighted by Gasteiger charge is 2.10. The molecule has 0 saturated heterocycles. The van der Waals surface area contributed by atoms with Crippen LogP contribution >= 0.6 is 22.7 Å². The number of hydrogen-bond donors (Lipinski definition) is 1. The lowest BCUT2D eigenvalue weighted by Gasteiger charge is -2.01. The lowest BCUT2D eigenvalue weighted by Crippen LogP contribution is -1.90. The van der Waals surface area contributed by atoms with Crippen molar-refractivity contribution >= 4 is 33.5 Å². The average molecular weight is 354 g/mol. The zero-order chi connectivity index (χ0) is 16.4. The molecule has 0 atom stereocenters. The second kappa shape index (κ2) is 6.46. The maximum Gasteiger partial charge on any atom is 0.187 e. The van der Waals surface area contributed by atoms with Crippen LogP contribution in [0.1, 0.15) is 0 Å². The van der Waals surface area contributed by atoms with E-state index in [2.05, 4.69) is 20.3 Å². The van der Waals surface area contributed by atoms with Gasteiger partial charge in [-0.25, -0.2) is 14.4 Å². The van der Waals surface area contributed by atoms with E-state index in [9.17, 15) is 4.39 Å². The van der Waals surface area contributed by atoms with Gasteiger partial charge in [-0.3, -0.25) is 4.98 Å². The molecule has 1 aromatic carbocycles. The third kappa shape index (κ3) is 3.17. The molecule has 4 aromatic rings. The Morgan fingerprint density at radius 2 is 1.88 bits per heavy atom. The van der Waals surface area contributed by atoms with Crippen molar-refractivity contribution < 1.29 is 4.39 Å². The Kier molecular flexibility index (Phi) is 4.02. The molecular weight excluding hydrogens is 343 g/mol. The minimum Gasteiger partial charge on any atom is -0.331 e. The van der Waals surface area contributed by atoms with Crippen molar-refractivity contribution in [3.63, 3.8) is 0 Å². The molecule has 1 N–H and O–H groups in total. The second-order valence-electron chi connectivity index (χ2n) is 4.95. The van der Waals surface area contributed by atoms with Crippen LogP contribution in [0.2, 0.25) is 0 Å². The van der Waals surface area contributed by atoms with E-state index in [1.54, 1.807) is 24.5 Å². The van der Waals surface area contributed by atoms with Gasteiger partial charge < -0.3 is 5.32 Å². The standard InChI is InChI=1S/C17H11FN4S2/c18-12-4-1-5-13(7-12)20-17-22-15(10-24-17)16-21-14(9-23-16)11-3-2-6-19-8-11/h1-10H,(H,20,22). The molecule has 0 saturated carbocycles. The SMILES string of the molecule is Fc1cccc(Nc2nc(-c3nc(-c4cccnc4)cs3)cs2)c1. The van der Waals surface area contributed by atoms with Crippen LogP contribution in [-0.4, -0.2) is 15.0 Å². The first-order valence-corrected chi connectivity index (χ1v) is 8.88. The van der Waals surface area contributed by atoms with Gasteiger partial charge in [-0.05, 0) is 30.3 Å². The molecule has 0 radical (unpaired) electrons. The Morgan fingerprint density at radius 3 is 2.71 bits per heavy atom. The summed E-state index contributed by atoms with van der Waals surface area (Å²) in [5.41, 5.74) is 3.34. The Labute approximate surface area is 145 Å². The molecule has 0 aliphatic heterocycles. The summed E-state index contributed by atoms with van der Waals surface area (Å²) in [6.45, 7) is 0. The normalized spacial score (nSPS) is 10.7. The molecular formula is C17H11FN4S2. The predicted molar refractivity (Wildman–Crippen MR) is 96.1 cm³/mol. The van der Waals surface area contributed by atoms with Crippen LogP contribution in [0.5, 0.6) is 0 Å². The summed E-state index contributed by atoms with van der Waals surface area (Å²) >= 11 is 3.00. The number of thiazole rings is 2. The van der Waals surface area contributed by atoms with Crippen molar-refractivity contribution in [3.05, 3.63) is 65.4 Å². The van der Waals surface area contributed by atoms with E-state index >= 15 is 0 Å². The Hall–Kier alpha value is -2.64. The lowest BCUT2D eigenvalue weighted by atomic mass is 10.2. The van der Waals surface area contributed by atoms with Crippen LogP contribution in [0.3, 0.4) is 0 Å². The molecule has 0 bridgehead atoms. The number of aromatic nitrogens is 3. The van der Waals surface area contributed by atoms with Gasteiger partial charge in [0.2, 0.25) is 0 Å². The molecule has 118 valence electrons. The smallest absolute Gasteiger partial charge is 0.187 e. The van der Waals surface area contributed by atoms with E-state index in [4.69, 9.17) is 0 Å². The summed E-state index contributed by atoms with van der Waals surface area (Å²) < 4.78 is 13.2. The number of hydrogen-bond acceptors (Lipinski definition) is 6. The van der Waals surface area contributed by atoms with Crippen molar-refractivity contribution in [1.82, 2.24) is 15.0 Å². The molecule has 0 amide bonds. The Bertz CT molecular complexity index is 965. The number of benzene rings is 1. The quantitative estimate of drug-likeness (QED) is 0.546. The van der Waals surface area contributed by atoms with Gasteiger partial charge in [0, 0.05) is 34.4 Å². The van der Waals surface area contributed by atoms with E-state index in [1.165, 1.54) is 34.8 Å². The van der Waals surface area contributed by atoms with E-state index in [-0.39, 0.29) is 5.82 Å². The van der Waals surface area contributed by atoms with Crippen molar-refractivity contribution in [2.45, 2.75) is 0 Å². The summed E-state index contributed by atoms with van der Waals surface area (Å²) in [7, 11) is 0. The number of halogens is 1. The van der Waals surface area contributed by atoms with Gasteiger partial charge in [0.1, 0.15) is 16.5 Å². The van der Waals surface area contributed by atoms with Crippen LogP contribution in [0, 0.1) is 5.82 Å². The highest BCUT2D eigenvalue weighted by atomic mass is 32.1. The molecule has 4 rings (SSSR count). The molecule has 0 aliphatic rings. The largest absolute Gasteiger partial charge is 0.331 e. The third-order valence-corrected chi connectivity index (χ3v) is 4.88. The average Bonchev–Trinajstić information content (AvgIpc) is 3.25. The van der Waals surface area contributed by atoms with Gasteiger partial charge in [0.15, 0.2) is 5.13 Å². The number of pyridine rings is 1. The fourth-order valence-corrected chi connectivity index (χ4v) is 3.74. The minimum atomic E-state index is -0.280. The minimum absolute atomic E-state index is 0.280. The Balaban J connectivity index is 1.56. The van der Waals surface area contributed by atoms with Gasteiger partial charge in [0.05, 0.1) is 5.69 Å². The van der Waals surface area contributed by atoms with Crippen LogP contribution in [0.25, 0.3) is 22.0 Å². The summed E-state index contributed by atoms with van der Waals surface area (Å²) in [5.74, 6) is -0.280. The first-order chi connectivity index (χ1) is 11.8. The van der Waals surface area contributed by atoms with Gasteiger partial charge in [-0.1, -0.05) is 6.07 Å². The highest BCUT2D eigenvalue weighted by Crippen LogP contribution is 2.31. The highest BCUT2D eigenvalue weighted by molar-refractivity contribution is 7.15. The van der Waals surface area contributed by atoms with Gasteiger partial charge in [-0.2, -0.15) is 0 Å². The monoisotopic (exact) mass is 354 g/mol. The summed E-state index contributed by atoms with van der Waals surface area (Å²) in [5, 5.41) is 8.58. The van der Waals surface area contributed by atoms with Crippen LogP contribution in [-0.2, 0) is 0 Å². The summed E-state index contributed by atoms with van der Waals surface area (Å²) in [4.78, 5) is 13.3. The molecule has 0 spiro atoms. The summed E-state index contributed by atoms with van der Waals surface area (Å²) in [6, 6.07) is 10.2.